The molecule has 0 aromatic heterocycles. The molecule has 0 heterocycles. The first kappa shape index (κ1) is 106. The number of hydrogen-bond acceptors (Lipinski definition) is 20. The van der Waals surface area contributed by atoms with Gasteiger partial charge in [-0.2, -0.15) is 0 Å². The van der Waals surface area contributed by atoms with Gasteiger partial charge < -0.3 is 75.7 Å². The molecule has 0 spiro atoms. The molecule has 8 atom stereocenters. The number of carboxylic acid groups (broad SMARTS) is 4. The lowest BCUT2D eigenvalue weighted by atomic mass is 9.82. The van der Waals surface area contributed by atoms with Gasteiger partial charge in [-0.3, -0.25) is 67.1 Å². The van der Waals surface area contributed by atoms with Gasteiger partial charge in [0, 0.05) is 109 Å². The molecule has 0 radical (unpaired) electrons. The molecule has 0 aliphatic carbocycles. The van der Waals surface area contributed by atoms with Gasteiger partial charge >= 0.3 is 23.9 Å². The Labute approximate surface area is 673 Å². The number of carbonyl (C=O) groups excluding carboxylic acids is 11. The average molecular weight is 1600 g/mol. The Morgan fingerprint density at radius 3 is 0.938 bits per heavy atom. The Bertz CT molecular complexity index is 2780. The van der Waals surface area contributed by atoms with E-state index in [0.717, 1.165) is 103 Å². The minimum absolute atomic E-state index is 0.00307. The number of hydrogen-bond donors (Lipinski definition) is 14. The van der Waals surface area contributed by atoms with Gasteiger partial charge in [0.05, 0.1) is 35.6 Å². The van der Waals surface area contributed by atoms with Crippen LogP contribution < -0.4 is 55.3 Å². The molecule has 0 aliphatic heterocycles. The Morgan fingerprint density at radius 1 is 0.301 bits per heavy atom. The van der Waals surface area contributed by atoms with Crippen LogP contribution in [-0.4, -0.2) is 170 Å². The Balaban J connectivity index is 4.46. The molecule has 29 heteroatoms. The quantitative estimate of drug-likeness (QED) is 0.0252. The molecule has 29 nitrogen and oxygen atoms in total. The second-order valence-corrected chi connectivity index (χ2v) is 32.0. The van der Waals surface area contributed by atoms with Crippen LogP contribution in [0.2, 0.25) is 0 Å². The van der Waals surface area contributed by atoms with E-state index >= 15 is 0 Å². The fourth-order valence-corrected chi connectivity index (χ4v) is 13.4. The number of Topliss-reactive ketones (excluding diaryl/α,β-unsaturated/α-hetero) is 6. The zero-order valence-electron chi connectivity index (χ0n) is 69.2. The van der Waals surface area contributed by atoms with Gasteiger partial charge in [0.25, 0.3) is 0 Å². The summed E-state index contributed by atoms with van der Waals surface area (Å²) >= 11 is 0. The normalized spacial score (nSPS) is 13.6. The van der Waals surface area contributed by atoms with Crippen LogP contribution in [-0.2, 0) is 71.9 Å². The van der Waals surface area contributed by atoms with E-state index in [-0.39, 0.29) is 148 Å². The summed E-state index contributed by atoms with van der Waals surface area (Å²) in [7, 11) is 0. The summed E-state index contributed by atoms with van der Waals surface area (Å²) in [5.74, 6) is -8.56. The molecular formula is C84H150N10O19. The monoisotopic (exact) mass is 1600 g/mol. The van der Waals surface area contributed by atoms with Crippen molar-refractivity contribution in [1.82, 2.24) is 26.6 Å². The van der Waals surface area contributed by atoms with Gasteiger partial charge in [-0.25, -0.2) is 4.79 Å². The molecular weight excluding hydrogens is 1450 g/mol. The third kappa shape index (κ3) is 61.2. The SMILES string of the molecule is CC(=O)[C@H](CCCCNC(=O)[C@@H](N)CCCCNC(=O)[C@@H](N)CCCCCC(=O)CC[C@H](NC(=O)CCCCCCCCCCCCC(=O)O)C(=O)O)CC(=O)[C@H](CCCCNC(=O)[C@@H](N)CCCCNC(=O)[C@@H](N)CCCCCC(=O)CC[C@H](CC(=O)CCCCCCCCCCCCC(=O)O)C(=O)O)CC(=O)C(C)(C)N. The first-order valence-electron chi connectivity index (χ1n) is 43.0. The smallest absolute Gasteiger partial charge is 0.326 e. The van der Waals surface area contributed by atoms with E-state index in [1.54, 1.807) is 13.8 Å². The van der Waals surface area contributed by atoms with Gasteiger partial charge in [-0.1, -0.05) is 141 Å². The van der Waals surface area contributed by atoms with Crippen LogP contribution in [0.15, 0.2) is 0 Å². The lowest BCUT2D eigenvalue weighted by Crippen LogP contribution is -2.43. The number of aliphatic carboxylic acids is 4. The predicted octanol–water partition coefficient (Wildman–Crippen LogP) is 10.3. The lowest BCUT2D eigenvalue weighted by Gasteiger charge is -2.23. The van der Waals surface area contributed by atoms with Crippen LogP contribution in [0.5, 0.6) is 0 Å². The van der Waals surface area contributed by atoms with Crippen molar-refractivity contribution >= 4 is 88.1 Å². The standard InChI is InChI=1S/C84H150N10O19/c1-61(95)62(38-30-34-54-90-80(108)70(87)45-32-36-56-93-79(107)69(86)44-26-21-24-41-66(97)52-53-72(83(112)113)94-75(101)47-27-17-13-9-5-7-11-15-19-29-49-77(104)105)59-73(99)63(60-74(100)84(2,3)89)39-31-35-55-91-81(109)71(88)46-33-37-57-92-78(106)68(85)43-25-20-23-40-65(96)51-50-64(82(110)111)58-67(98)42-22-16-12-8-4-6-10-14-18-28-48-76(102)103/h62-64,68-72H,4-60,85-89H2,1-3H3,(H,90,108)(H,91,109)(H,92,106)(H,93,107)(H,94,101)(H,102,103)(H,104,105)(H,110,111)(H,112,113)/t62-,63-,64-,68+,69+,70+,71+,72+/m1/s1. The number of nitrogens with one attached hydrogen (secondary N) is 5. The van der Waals surface area contributed by atoms with Gasteiger partial charge in [-0.05, 0) is 149 Å². The Kier molecular flexibility index (Phi) is 63.1. The fourth-order valence-electron chi connectivity index (χ4n) is 13.4. The molecule has 0 rings (SSSR count). The van der Waals surface area contributed by atoms with E-state index in [0.29, 0.717) is 180 Å². The van der Waals surface area contributed by atoms with Crippen molar-refractivity contribution < 1.29 is 92.3 Å². The molecule has 650 valence electrons. The summed E-state index contributed by atoms with van der Waals surface area (Å²) in [6.07, 6.45) is 30.9. The van der Waals surface area contributed by atoms with E-state index in [4.69, 9.17) is 38.9 Å². The third-order valence-electron chi connectivity index (χ3n) is 21.0. The minimum atomic E-state index is -1.19. The molecule has 0 aromatic rings. The van der Waals surface area contributed by atoms with Crippen molar-refractivity contribution in [3.05, 3.63) is 0 Å². The number of nitrogens with two attached hydrogens (primary N) is 5. The molecule has 0 aliphatic rings. The molecule has 0 bridgehead atoms. The number of amides is 5. The van der Waals surface area contributed by atoms with Crippen LogP contribution in [0.25, 0.3) is 0 Å². The average Bonchev–Trinajstić information content (AvgIpc) is 0.863. The van der Waals surface area contributed by atoms with Gasteiger partial charge in [0.15, 0.2) is 5.78 Å². The van der Waals surface area contributed by atoms with Crippen molar-refractivity contribution in [2.75, 3.05) is 26.2 Å². The van der Waals surface area contributed by atoms with Crippen molar-refractivity contribution in [2.45, 2.75) is 397 Å². The highest BCUT2D eigenvalue weighted by molar-refractivity contribution is 5.94. The fraction of sp³-hybridized carbons (Fsp3) is 0.821. The zero-order valence-corrected chi connectivity index (χ0v) is 69.2. The second-order valence-electron chi connectivity index (χ2n) is 32.0. The number of carbonyl (C=O) groups is 15. The summed E-state index contributed by atoms with van der Waals surface area (Å²) in [6.45, 7) is 5.84. The van der Waals surface area contributed by atoms with E-state index in [9.17, 15) is 82.1 Å². The summed E-state index contributed by atoms with van der Waals surface area (Å²) in [5.41, 5.74) is 29.5. The molecule has 5 amide bonds. The maximum atomic E-state index is 13.8. The first-order chi connectivity index (χ1) is 53.7. The Hall–Kier alpha value is -6.95. The van der Waals surface area contributed by atoms with Crippen LogP contribution in [0.3, 0.4) is 0 Å². The van der Waals surface area contributed by atoms with Crippen LogP contribution >= 0.6 is 0 Å². The van der Waals surface area contributed by atoms with E-state index < -0.39 is 77.4 Å². The van der Waals surface area contributed by atoms with E-state index in [1.807, 2.05) is 0 Å². The lowest BCUT2D eigenvalue weighted by molar-refractivity contribution is -0.144. The van der Waals surface area contributed by atoms with Crippen molar-refractivity contribution in [3.8, 4) is 0 Å². The number of rotatable bonds is 80. The Morgan fingerprint density at radius 2 is 0.602 bits per heavy atom. The maximum absolute atomic E-state index is 13.8. The minimum Gasteiger partial charge on any atom is -0.481 e. The molecule has 113 heavy (non-hydrogen) atoms. The van der Waals surface area contributed by atoms with Crippen molar-refractivity contribution in [3.63, 3.8) is 0 Å². The summed E-state index contributed by atoms with van der Waals surface area (Å²) in [6, 6.07) is -4.21. The highest BCUT2D eigenvalue weighted by Crippen LogP contribution is 2.25. The molecule has 0 saturated heterocycles. The molecule has 0 aromatic carbocycles. The van der Waals surface area contributed by atoms with Gasteiger partial charge in [0.2, 0.25) is 29.5 Å². The zero-order chi connectivity index (χ0) is 84.6. The van der Waals surface area contributed by atoms with Gasteiger partial charge in [-0.15, -0.1) is 0 Å². The number of unbranched alkanes of at least 4 members (excludes halogenated alkanes) is 26. The maximum Gasteiger partial charge on any atom is 0.326 e. The topological polar surface area (TPSA) is 527 Å². The third-order valence-corrected chi connectivity index (χ3v) is 21.0. The summed E-state index contributed by atoms with van der Waals surface area (Å²) in [4.78, 5) is 186. The second kappa shape index (κ2) is 67.2. The van der Waals surface area contributed by atoms with Crippen molar-refractivity contribution in [2.24, 2.45) is 46.4 Å². The predicted molar refractivity (Wildman–Crippen MR) is 436 cm³/mol. The van der Waals surface area contributed by atoms with Crippen LogP contribution in [0.1, 0.15) is 361 Å². The molecule has 0 fully saturated rings. The first-order valence-corrected chi connectivity index (χ1v) is 43.0. The highest BCUT2D eigenvalue weighted by atomic mass is 16.4. The molecule has 19 N–H and O–H groups in total. The number of ketones is 6. The van der Waals surface area contributed by atoms with Crippen molar-refractivity contribution in [1.29, 1.82) is 0 Å². The van der Waals surface area contributed by atoms with Crippen LogP contribution in [0, 0.1) is 17.8 Å². The summed E-state index contributed by atoms with van der Waals surface area (Å²) in [5, 5.41) is 50.6. The molecule has 0 unspecified atom stereocenters. The van der Waals surface area contributed by atoms with Crippen LogP contribution in [0.4, 0.5) is 0 Å². The van der Waals surface area contributed by atoms with E-state index in [2.05, 4.69) is 26.6 Å². The van der Waals surface area contributed by atoms with E-state index in [1.165, 1.54) is 6.92 Å². The van der Waals surface area contributed by atoms with Gasteiger partial charge in [0.1, 0.15) is 35.0 Å². The number of carboxylic acids is 4. The highest BCUT2D eigenvalue weighted by Gasteiger charge is 2.31. The largest absolute Gasteiger partial charge is 0.481 e. The summed E-state index contributed by atoms with van der Waals surface area (Å²) < 4.78 is 0. The molecule has 0 saturated carbocycles.